The number of rotatable bonds is 8. The first-order chi connectivity index (χ1) is 13.6. The van der Waals surface area contributed by atoms with E-state index in [0.717, 1.165) is 6.08 Å². The Morgan fingerprint density at radius 2 is 1.06 bits per heavy atom. The van der Waals surface area contributed by atoms with E-state index in [1.165, 1.54) is 6.08 Å². The van der Waals surface area contributed by atoms with Gasteiger partial charge in [-0.15, -0.1) is 0 Å². The van der Waals surface area contributed by atoms with Crippen LogP contribution in [0.5, 0.6) is 0 Å². The van der Waals surface area contributed by atoms with Crippen molar-refractivity contribution in [2.45, 2.75) is 32.0 Å². The maximum Gasteiger partial charge on any atom is 1.00 e. The first kappa shape index (κ1) is 48.4. The van der Waals surface area contributed by atoms with Gasteiger partial charge in [0.15, 0.2) is 0 Å². The molecule has 0 saturated heterocycles. The average molecular weight is 501 g/mol. The Morgan fingerprint density at radius 1 is 0.788 bits per heavy atom. The number of hydrogen-bond donors (Lipinski definition) is 8. The van der Waals surface area contributed by atoms with Crippen molar-refractivity contribution in [2.24, 2.45) is 11.5 Å². The smallest absolute Gasteiger partial charge is 0.547 e. The summed E-state index contributed by atoms with van der Waals surface area (Å²) in [6, 6.07) is -0.833. The molecule has 0 aromatic heterocycles. The van der Waals surface area contributed by atoms with Gasteiger partial charge >= 0.3 is 83.1 Å². The zero-order valence-electron chi connectivity index (χ0n) is 18.2. The summed E-state index contributed by atoms with van der Waals surface area (Å²) in [5.74, 6) is -7.18. The third-order valence-electron chi connectivity index (χ3n) is 1.88. The number of carboxylic acid groups (broad SMARTS) is 5. The number of carboxylic acids is 5. The number of urea groups is 1. The quantitative estimate of drug-likeness (QED) is 0.0869. The van der Waals surface area contributed by atoms with E-state index in [9.17, 15) is 34.2 Å². The molecule has 0 bridgehead atoms. The van der Waals surface area contributed by atoms with Crippen LogP contribution in [0.4, 0.5) is 4.79 Å². The second-order valence-electron chi connectivity index (χ2n) is 4.44. The normalized spacial score (nSPS) is 10.3. The minimum Gasteiger partial charge on any atom is -0.547 e. The van der Waals surface area contributed by atoms with Gasteiger partial charge in [-0.1, -0.05) is 18.2 Å². The van der Waals surface area contributed by atoms with Crippen LogP contribution in [0, 0.1) is 0 Å². The molecule has 0 aromatic carbocycles. The van der Waals surface area contributed by atoms with E-state index in [0.29, 0.717) is 0 Å². The first-order valence-corrected chi connectivity index (χ1v) is 7.38. The van der Waals surface area contributed by atoms with Gasteiger partial charge in [-0.3, -0.25) is 9.59 Å². The van der Waals surface area contributed by atoms with E-state index in [4.69, 9.17) is 30.3 Å². The van der Waals surface area contributed by atoms with Gasteiger partial charge in [-0.2, -0.15) is 0 Å². The van der Waals surface area contributed by atoms with Crippen molar-refractivity contribution in [2.75, 3.05) is 0 Å². The number of amides is 2. The van der Waals surface area contributed by atoms with E-state index < -0.39 is 48.1 Å². The van der Waals surface area contributed by atoms with Crippen molar-refractivity contribution >= 4 is 35.9 Å². The second-order valence-corrected chi connectivity index (χ2v) is 4.44. The molecular formula is C15H25N3Na2O13. The van der Waals surface area contributed by atoms with Crippen LogP contribution in [0.3, 0.4) is 0 Å². The molecule has 12 N–H and O–H groups in total. The number of carbonyl (C=O) groups excluding carboxylic acids is 3. The molecule has 2 amide bonds. The van der Waals surface area contributed by atoms with Gasteiger partial charge in [-0.05, 0) is 6.92 Å². The molecule has 18 heteroatoms. The number of primary amides is 2. The van der Waals surface area contributed by atoms with Crippen molar-refractivity contribution in [1.29, 1.82) is 0 Å². The molecule has 180 valence electrons. The van der Waals surface area contributed by atoms with Crippen LogP contribution in [-0.4, -0.2) is 73.6 Å². The number of allylic oxidation sites excluding steroid dienone is 3. The Labute approximate surface area is 232 Å². The van der Waals surface area contributed by atoms with Crippen LogP contribution in [0.15, 0.2) is 24.3 Å². The van der Waals surface area contributed by atoms with Crippen LogP contribution >= 0.6 is 0 Å². The third-order valence-corrected chi connectivity index (χ3v) is 1.88. The minimum atomic E-state index is -2.44. The van der Waals surface area contributed by atoms with E-state index >= 15 is 0 Å². The van der Waals surface area contributed by atoms with Crippen LogP contribution in [-0.2, 0) is 24.0 Å². The topological polar surface area (TPSA) is 337 Å². The Morgan fingerprint density at radius 3 is 1.21 bits per heavy atom. The molecule has 0 spiro atoms. The largest absolute Gasteiger partial charge is 1.00 e. The van der Waals surface area contributed by atoms with Gasteiger partial charge in [0.05, 0.1) is 24.8 Å². The molecule has 0 fully saturated rings. The fourth-order valence-electron chi connectivity index (χ4n) is 0.721. The summed E-state index contributed by atoms with van der Waals surface area (Å²) in [6.45, 7) is 1.83. The van der Waals surface area contributed by atoms with Crippen molar-refractivity contribution in [1.82, 2.24) is 6.15 Å². The van der Waals surface area contributed by atoms with E-state index in [1.807, 2.05) is 6.92 Å². The fraction of sp³-hybridized carbons (Fsp3) is 0.333. The van der Waals surface area contributed by atoms with Crippen molar-refractivity contribution in [3.63, 3.8) is 0 Å². The van der Waals surface area contributed by atoms with Crippen molar-refractivity contribution in [3.8, 4) is 0 Å². The standard InChI is InChI=1S/C6H8O2.C4H6O6.C4H6O4.CH4N2O.H3N.2Na/c1-2-3-4-5-6(7)8;5-1(3(7)8)2(6)4(9)10;5-3(6)1-2-4(7)8;2-1(3)4;;;/h2-5H,1H3,(H,7,8);1-2,5-6H,(H,7,8)(H,9,10);1-2H2,(H,5,6)(H,7,8);(H4,2,3,4);1H3;;/q;;;;;2*+1/p-2/b3-2+,5-4+;;;;;;. The summed E-state index contributed by atoms with van der Waals surface area (Å²) in [7, 11) is 0. The predicted molar refractivity (Wildman–Crippen MR) is 96.9 cm³/mol. The van der Waals surface area contributed by atoms with Crippen LogP contribution < -0.4 is 86.9 Å². The Bertz CT molecular complexity index is 607. The number of carbonyl (C=O) groups is 6. The van der Waals surface area contributed by atoms with Gasteiger partial charge in [0.2, 0.25) is 0 Å². The molecule has 0 aliphatic rings. The molecule has 16 nitrogen and oxygen atoms in total. The van der Waals surface area contributed by atoms with Gasteiger partial charge in [0.1, 0.15) is 12.2 Å². The van der Waals surface area contributed by atoms with Gasteiger partial charge < -0.3 is 63.0 Å². The Kier molecular flexibility index (Phi) is 47.2. The molecule has 0 aliphatic carbocycles. The summed E-state index contributed by atoms with van der Waals surface area (Å²) < 4.78 is 0. The van der Waals surface area contributed by atoms with E-state index in [-0.39, 0.29) is 78.1 Å². The molecule has 0 heterocycles. The van der Waals surface area contributed by atoms with E-state index in [1.54, 1.807) is 12.2 Å². The van der Waals surface area contributed by atoms with Gasteiger partial charge in [-0.25, -0.2) is 9.59 Å². The Hall–Kier alpha value is -2.02. The number of aliphatic carboxylic acids is 5. The maximum absolute atomic E-state index is 9.75. The first-order valence-electron chi connectivity index (χ1n) is 7.38. The monoisotopic (exact) mass is 501 g/mol. The summed E-state index contributed by atoms with van der Waals surface area (Å²) in [4.78, 5) is 57.3. The summed E-state index contributed by atoms with van der Waals surface area (Å²) >= 11 is 0. The summed E-state index contributed by atoms with van der Waals surface area (Å²) in [5.41, 5.74) is 8.50. The predicted octanol–water partition coefficient (Wildman–Crippen LogP) is -10.5. The Balaban J connectivity index is -0.0000000548. The van der Waals surface area contributed by atoms with Gasteiger partial charge in [0, 0.05) is 6.08 Å². The molecule has 0 rings (SSSR count). The molecule has 33 heavy (non-hydrogen) atoms. The number of aliphatic hydroxyl groups excluding tert-OH is 2. The van der Waals surface area contributed by atoms with Crippen molar-refractivity contribution < 1.29 is 124 Å². The van der Waals surface area contributed by atoms with Gasteiger partial charge in [0.25, 0.3) is 0 Å². The number of nitrogens with two attached hydrogens (primary N) is 2. The second kappa shape index (κ2) is 32.2. The van der Waals surface area contributed by atoms with Crippen LogP contribution in [0.2, 0.25) is 0 Å². The van der Waals surface area contributed by atoms with Crippen LogP contribution in [0.25, 0.3) is 0 Å². The molecule has 0 aliphatic heterocycles. The zero-order chi connectivity index (χ0) is 24.9. The third kappa shape index (κ3) is 58.8. The molecule has 2 unspecified atom stereocenters. The minimum absolute atomic E-state index is 0. The number of hydrogen-bond acceptors (Lipinski definition) is 11. The molecular weight excluding hydrogens is 476 g/mol. The maximum atomic E-state index is 9.75. The SMILES string of the molecule is C/C=C/C=C/C(=O)O.N.NC(N)=O.O=C(O)CCC(=O)O.O=C([O-])C(O)C(O)C(=O)[O-].[Na+].[Na+]. The molecule has 2 atom stereocenters. The zero-order valence-corrected chi connectivity index (χ0v) is 22.2. The van der Waals surface area contributed by atoms with E-state index in [2.05, 4.69) is 11.5 Å². The molecule has 0 aromatic rings. The summed E-state index contributed by atoms with van der Waals surface area (Å²) in [6.07, 6.45) is 0.510. The van der Waals surface area contributed by atoms with Crippen LogP contribution in [0.1, 0.15) is 19.8 Å². The molecule has 0 saturated carbocycles. The summed E-state index contributed by atoms with van der Waals surface area (Å²) in [5, 5.41) is 59.5. The van der Waals surface area contributed by atoms with Crippen molar-refractivity contribution in [3.05, 3.63) is 24.3 Å². The average Bonchev–Trinajstić information content (AvgIpc) is 2.59. The fourth-order valence-corrected chi connectivity index (χ4v) is 0.721. The number of aliphatic hydroxyl groups is 2. The molecule has 0 radical (unpaired) electrons.